The van der Waals surface area contributed by atoms with E-state index in [1.165, 1.54) is 6.20 Å². The normalized spacial score (nSPS) is 26.2. The van der Waals surface area contributed by atoms with Crippen LogP contribution in [-0.4, -0.2) is 38.2 Å². The molecule has 3 atom stereocenters. The first-order valence-electron chi connectivity index (χ1n) is 5.99. The van der Waals surface area contributed by atoms with Crippen molar-refractivity contribution >= 4 is 20.0 Å². The third-order valence-electron chi connectivity index (χ3n) is 3.03. The molecule has 0 saturated carbocycles. The molecule has 21 heavy (non-hydrogen) atoms. The van der Waals surface area contributed by atoms with Gasteiger partial charge in [-0.1, -0.05) is 12.2 Å². The van der Waals surface area contributed by atoms with Gasteiger partial charge < -0.3 is 14.5 Å². The number of phosphoric ester groups is 1. The average molecular weight is 340 g/mol. The van der Waals surface area contributed by atoms with Crippen LogP contribution in [0.2, 0.25) is 0 Å². The molecule has 3 N–H and O–H groups in total. The molecule has 1 aliphatic rings. The van der Waals surface area contributed by atoms with Crippen molar-refractivity contribution in [1.82, 2.24) is 9.55 Å². The molecule has 0 bridgehead atoms. The Morgan fingerprint density at radius 1 is 1.67 bits per heavy atom. The lowest BCUT2D eigenvalue weighted by molar-refractivity contribution is -0.0350. The summed E-state index contributed by atoms with van der Waals surface area (Å²) in [6.07, 6.45) is -2.22. The molecule has 1 aromatic rings. The SMILES string of the molecule is Cc1cn([C@H]2C[C@H](F)[C@@H](COP(=O)(O)O)O2)c(=O)[nH]c1=S. The number of nitrogens with zero attached hydrogens (tertiary/aromatic N) is 1. The number of halogens is 1. The Morgan fingerprint density at radius 3 is 2.95 bits per heavy atom. The minimum absolute atomic E-state index is 0.126. The number of aryl methyl sites for hydroxylation is 1. The Bertz CT molecular complexity index is 685. The highest BCUT2D eigenvalue weighted by molar-refractivity contribution is 7.71. The van der Waals surface area contributed by atoms with Crippen LogP contribution in [0.5, 0.6) is 0 Å². The molecule has 1 saturated heterocycles. The molecule has 0 aromatic carbocycles. The van der Waals surface area contributed by atoms with Crippen LogP contribution in [0.4, 0.5) is 4.39 Å². The number of nitrogens with one attached hydrogen (secondary N) is 1. The molecule has 0 spiro atoms. The molecular weight excluding hydrogens is 326 g/mol. The molecule has 8 nitrogen and oxygen atoms in total. The van der Waals surface area contributed by atoms with E-state index in [0.717, 1.165) is 4.57 Å². The first kappa shape index (κ1) is 16.5. The highest BCUT2D eigenvalue weighted by Crippen LogP contribution is 2.38. The van der Waals surface area contributed by atoms with Gasteiger partial charge >= 0.3 is 13.5 Å². The van der Waals surface area contributed by atoms with E-state index in [-0.39, 0.29) is 11.1 Å². The van der Waals surface area contributed by atoms with Gasteiger partial charge in [0.25, 0.3) is 0 Å². The van der Waals surface area contributed by atoms with Crippen molar-refractivity contribution in [2.75, 3.05) is 6.61 Å². The number of hydrogen-bond donors (Lipinski definition) is 3. The number of alkyl halides is 1. The largest absolute Gasteiger partial charge is 0.469 e. The molecule has 2 rings (SSSR count). The zero-order chi connectivity index (χ0) is 15.8. The van der Waals surface area contributed by atoms with E-state index in [1.807, 2.05) is 0 Å². The number of H-pyrrole nitrogens is 1. The lowest BCUT2D eigenvalue weighted by Crippen LogP contribution is -2.28. The minimum Gasteiger partial charge on any atom is -0.349 e. The van der Waals surface area contributed by atoms with Crippen LogP contribution in [0, 0.1) is 11.6 Å². The first-order valence-corrected chi connectivity index (χ1v) is 7.93. The average Bonchev–Trinajstić information content (AvgIpc) is 2.72. The van der Waals surface area contributed by atoms with Gasteiger partial charge in [0.05, 0.1) is 6.61 Å². The van der Waals surface area contributed by atoms with Crippen LogP contribution in [-0.2, 0) is 13.8 Å². The van der Waals surface area contributed by atoms with Gasteiger partial charge in [0.15, 0.2) is 0 Å². The van der Waals surface area contributed by atoms with Gasteiger partial charge in [-0.2, -0.15) is 0 Å². The smallest absolute Gasteiger partial charge is 0.349 e. The second kappa shape index (κ2) is 6.07. The van der Waals surface area contributed by atoms with Crippen molar-refractivity contribution in [3.05, 3.63) is 26.9 Å². The van der Waals surface area contributed by atoms with Crippen molar-refractivity contribution < 1.29 is 28.0 Å². The number of hydrogen-bond acceptors (Lipinski definition) is 5. The van der Waals surface area contributed by atoms with Gasteiger partial charge in [-0.25, -0.2) is 13.8 Å². The number of phosphoric acid groups is 1. The summed E-state index contributed by atoms with van der Waals surface area (Å²) in [5.74, 6) is 0. The molecule has 1 aliphatic heterocycles. The number of aromatic nitrogens is 2. The first-order chi connectivity index (χ1) is 9.67. The molecular formula is C10H14FN2O6PS. The van der Waals surface area contributed by atoms with Crippen LogP contribution in [0.3, 0.4) is 0 Å². The quantitative estimate of drug-likeness (QED) is 0.552. The monoisotopic (exact) mass is 340 g/mol. The number of aromatic amines is 1. The van der Waals surface area contributed by atoms with Crippen molar-refractivity contribution in [2.45, 2.75) is 31.8 Å². The van der Waals surface area contributed by atoms with Crippen LogP contribution >= 0.6 is 20.0 Å². The lowest BCUT2D eigenvalue weighted by atomic mass is 10.2. The highest BCUT2D eigenvalue weighted by atomic mass is 32.1. The molecule has 2 heterocycles. The second-order valence-electron chi connectivity index (χ2n) is 4.65. The predicted molar refractivity (Wildman–Crippen MR) is 72.0 cm³/mol. The molecule has 0 amide bonds. The Morgan fingerprint density at radius 2 is 2.33 bits per heavy atom. The van der Waals surface area contributed by atoms with Gasteiger partial charge in [-0.3, -0.25) is 14.1 Å². The fraction of sp³-hybridized carbons (Fsp3) is 0.600. The molecule has 1 aromatic heterocycles. The molecule has 1 fully saturated rings. The van der Waals surface area contributed by atoms with E-state index in [2.05, 4.69) is 9.51 Å². The highest BCUT2D eigenvalue weighted by Gasteiger charge is 2.38. The molecule has 118 valence electrons. The summed E-state index contributed by atoms with van der Waals surface area (Å²) >= 11 is 4.91. The van der Waals surface area contributed by atoms with Crippen molar-refractivity contribution in [1.29, 1.82) is 0 Å². The predicted octanol–water partition coefficient (Wildman–Crippen LogP) is 0.949. The molecule has 0 unspecified atom stereocenters. The standard InChI is InChI=1S/C10H14FN2O6PS/c1-5-3-13(10(14)12-9(5)21)8-2-6(11)7(19-8)4-18-20(15,16)17/h3,6-8H,2,4H2,1H3,(H,12,14,21)(H2,15,16,17)/t6-,7+,8+/m0/s1. The topological polar surface area (TPSA) is 114 Å². The Balaban J connectivity index is 2.14. The number of rotatable bonds is 4. The maximum absolute atomic E-state index is 13.8. The van der Waals surface area contributed by atoms with E-state index in [4.69, 9.17) is 26.7 Å². The van der Waals surface area contributed by atoms with E-state index in [9.17, 15) is 13.8 Å². The summed E-state index contributed by atoms with van der Waals surface area (Å²) in [6.45, 7) is 1.09. The summed E-state index contributed by atoms with van der Waals surface area (Å²) in [6, 6.07) is 0. The van der Waals surface area contributed by atoms with Gasteiger partial charge in [-0.15, -0.1) is 0 Å². The summed E-state index contributed by atoms with van der Waals surface area (Å²) in [4.78, 5) is 31.4. The summed E-state index contributed by atoms with van der Waals surface area (Å²) in [7, 11) is -4.70. The fourth-order valence-corrected chi connectivity index (χ4v) is 2.46. The maximum Gasteiger partial charge on any atom is 0.469 e. The van der Waals surface area contributed by atoms with E-state index in [0.29, 0.717) is 5.56 Å². The summed E-state index contributed by atoms with van der Waals surface area (Å²) < 4.78 is 35.4. The third-order valence-corrected chi connectivity index (χ3v) is 3.93. The number of ether oxygens (including phenoxy) is 1. The molecule has 11 heteroatoms. The van der Waals surface area contributed by atoms with Gasteiger partial charge in [0.1, 0.15) is 23.1 Å². The van der Waals surface area contributed by atoms with Crippen LogP contribution < -0.4 is 5.69 Å². The summed E-state index contributed by atoms with van der Waals surface area (Å²) in [5.41, 5.74) is 0.0814. The van der Waals surface area contributed by atoms with Gasteiger partial charge in [0, 0.05) is 18.2 Å². The van der Waals surface area contributed by atoms with Crippen LogP contribution in [0.15, 0.2) is 11.0 Å². The van der Waals surface area contributed by atoms with Crippen molar-refractivity contribution in [2.24, 2.45) is 0 Å². The van der Waals surface area contributed by atoms with Crippen LogP contribution in [0.25, 0.3) is 0 Å². The second-order valence-corrected chi connectivity index (χ2v) is 6.29. The fourth-order valence-electron chi connectivity index (χ4n) is 1.98. The molecule has 0 aliphatic carbocycles. The van der Waals surface area contributed by atoms with Crippen LogP contribution in [0.1, 0.15) is 18.2 Å². The van der Waals surface area contributed by atoms with Gasteiger partial charge in [0.2, 0.25) is 0 Å². The van der Waals surface area contributed by atoms with Crippen molar-refractivity contribution in [3.8, 4) is 0 Å². The summed E-state index contributed by atoms with van der Waals surface area (Å²) in [5, 5.41) is 0. The minimum atomic E-state index is -4.70. The Labute approximate surface area is 123 Å². The molecule has 0 radical (unpaired) electrons. The third kappa shape index (κ3) is 4.06. The zero-order valence-corrected chi connectivity index (χ0v) is 12.6. The van der Waals surface area contributed by atoms with E-state index in [1.54, 1.807) is 6.92 Å². The Kier molecular flexibility index (Phi) is 4.76. The van der Waals surface area contributed by atoms with E-state index < -0.39 is 38.6 Å². The zero-order valence-electron chi connectivity index (χ0n) is 10.9. The Hall–Kier alpha value is -0.900. The van der Waals surface area contributed by atoms with Gasteiger partial charge in [-0.05, 0) is 6.92 Å². The van der Waals surface area contributed by atoms with Crippen molar-refractivity contribution in [3.63, 3.8) is 0 Å². The van der Waals surface area contributed by atoms with E-state index >= 15 is 0 Å². The lowest BCUT2D eigenvalue weighted by Gasteiger charge is -2.16. The maximum atomic E-state index is 13.8.